The van der Waals surface area contributed by atoms with Gasteiger partial charge in [0.25, 0.3) is 0 Å². The van der Waals surface area contributed by atoms with Crippen LogP contribution in [0.1, 0.15) is 12.8 Å². The second-order valence-corrected chi connectivity index (χ2v) is 4.05. The van der Waals surface area contributed by atoms with Crippen LogP contribution in [0.25, 0.3) is 0 Å². The molecule has 0 aliphatic carbocycles. The number of rotatable bonds is 2. The number of anilines is 1. The second kappa shape index (κ2) is 4.91. The molecule has 1 aliphatic heterocycles. The Hall–Kier alpha value is -2.05. The van der Waals surface area contributed by atoms with Crippen molar-refractivity contribution < 1.29 is 27.5 Å². The highest BCUT2D eigenvalue weighted by molar-refractivity contribution is 6.08. The first kappa shape index (κ1) is 13.4. The fourth-order valence-electron chi connectivity index (χ4n) is 1.81. The number of carbonyl (C=O) groups is 2. The SMILES string of the molecule is O=C1CCN(c2ccc(OC(F)(F)F)cc2)C(=O)C1. The number of Topliss-reactive ketones (excluding diaryl/α,β-unsaturated/α-hetero) is 1. The molecule has 1 aromatic carbocycles. The molecule has 102 valence electrons. The van der Waals surface area contributed by atoms with Gasteiger partial charge in [-0.1, -0.05) is 0 Å². The normalized spacial score (nSPS) is 16.7. The Bertz CT molecular complexity index is 496. The number of ketones is 1. The number of carbonyl (C=O) groups excluding carboxylic acids is 2. The van der Waals surface area contributed by atoms with Crippen molar-refractivity contribution in [2.45, 2.75) is 19.2 Å². The summed E-state index contributed by atoms with van der Waals surface area (Å²) in [5.41, 5.74) is 0.451. The minimum absolute atomic E-state index is 0.127. The lowest BCUT2D eigenvalue weighted by atomic mass is 10.1. The molecule has 2 rings (SSSR count). The van der Waals surface area contributed by atoms with Gasteiger partial charge in [-0.2, -0.15) is 0 Å². The average Bonchev–Trinajstić information content (AvgIpc) is 2.28. The molecule has 4 nitrogen and oxygen atoms in total. The molecule has 0 saturated carbocycles. The van der Waals surface area contributed by atoms with Crippen molar-refractivity contribution in [2.24, 2.45) is 0 Å². The van der Waals surface area contributed by atoms with Crippen LogP contribution in [-0.4, -0.2) is 24.6 Å². The zero-order valence-corrected chi connectivity index (χ0v) is 9.74. The van der Waals surface area contributed by atoms with Gasteiger partial charge in [-0.15, -0.1) is 13.2 Å². The summed E-state index contributed by atoms with van der Waals surface area (Å²) in [6.45, 7) is 0.247. The molecule has 7 heteroatoms. The van der Waals surface area contributed by atoms with Crippen molar-refractivity contribution in [2.75, 3.05) is 11.4 Å². The molecule has 1 heterocycles. The number of hydrogen-bond acceptors (Lipinski definition) is 3. The van der Waals surface area contributed by atoms with Crippen LogP contribution in [0.4, 0.5) is 18.9 Å². The van der Waals surface area contributed by atoms with E-state index in [4.69, 9.17) is 0 Å². The molecule has 0 aromatic heterocycles. The largest absolute Gasteiger partial charge is 0.573 e. The van der Waals surface area contributed by atoms with Gasteiger partial charge in [-0.05, 0) is 24.3 Å². The van der Waals surface area contributed by atoms with E-state index in [1.807, 2.05) is 0 Å². The smallest absolute Gasteiger partial charge is 0.406 e. The van der Waals surface area contributed by atoms with Gasteiger partial charge in [0.1, 0.15) is 11.5 Å². The van der Waals surface area contributed by atoms with Gasteiger partial charge in [-0.3, -0.25) is 9.59 Å². The summed E-state index contributed by atoms with van der Waals surface area (Å²) in [5, 5.41) is 0. The Morgan fingerprint density at radius 3 is 2.26 bits per heavy atom. The molecule has 0 N–H and O–H groups in total. The molecule has 0 bridgehead atoms. The van der Waals surface area contributed by atoms with Crippen LogP contribution in [-0.2, 0) is 9.59 Å². The summed E-state index contributed by atoms with van der Waals surface area (Å²) < 4.78 is 39.7. The summed E-state index contributed by atoms with van der Waals surface area (Å²) >= 11 is 0. The molecule has 1 aliphatic rings. The van der Waals surface area contributed by atoms with Crippen molar-refractivity contribution in [3.05, 3.63) is 24.3 Å². The number of benzene rings is 1. The van der Waals surface area contributed by atoms with Gasteiger partial charge in [0.2, 0.25) is 5.91 Å². The third kappa shape index (κ3) is 3.46. The van der Waals surface area contributed by atoms with E-state index in [1.54, 1.807) is 0 Å². The van der Waals surface area contributed by atoms with Crippen LogP contribution in [0.3, 0.4) is 0 Å². The maximum Gasteiger partial charge on any atom is 0.573 e. The van der Waals surface area contributed by atoms with E-state index < -0.39 is 6.36 Å². The minimum Gasteiger partial charge on any atom is -0.406 e. The standard InChI is InChI=1S/C12H10F3NO3/c13-12(14,15)19-10-3-1-8(2-4-10)16-6-5-9(17)7-11(16)18/h1-4H,5-7H2. The molecule has 19 heavy (non-hydrogen) atoms. The summed E-state index contributed by atoms with van der Waals surface area (Å²) in [7, 11) is 0. The number of piperidine rings is 1. The molecule has 0 unspecified atom stereocenters. The van der Waals surface area contributed by atoms with Gasteiger partial charge < -0.3 is 9.64 Å². The number of amides is 1. The van der Waals surface area contributed by atoms with E-state index in [0.717, 1.165) is 12.1 Å². The Morgan fingerprint density at radius 2 is 1.74 bits per heavy atom. The van der Waals surface area contributed by atoms with E-state index in [9.17, 15) is 22.8 Å². The van der Waals surface area contributed by atoms with E-state index in [1.165, 1.54) is 17.0 Å². The Balaban J connectivity index is 2.10. The minimum atomic E-state index is -4.74. The average molecular weight is 273 g/mol. The number of ether oxygens (including phenoxy) is 1. The van der Waals surface area contributed by atoms with Gasteiger partial charge in [0.05, 0.1) is 6.42 Å². The Labute approximate surface area is 106 Å². The Morgan fingerprint density at radius 1 is 1.11 bits per heavy atom. The zero-order valence-electron chi connectivity index (χ0n) is 9.74. The van der Waals surface area contributed by atoms with Crippen LogP contribution in [0.2, 0.25) is 0 Å². The van der Waals surface area contributed by atoms with Crippen LogP contribution in [0.15, 0.2) is 24.3 Å². The zero-order chi connectivity index (χ0) is 14.0. The lowest BCUT2D eigenvalue weighted by Gasteiger charge is -2.26. The molecular formula is C12H10F3NO3. The summed E-state index contributed by atoms with van der Waals surface area (Å²) in [6.07, 6.45) is -4.65. The van der Waals surface area contributed by atoms with Crippen LogP contribution in [0.5, 0.6) is 5.75 Å². The fraction of sp³-hybridized carbons (Fsp3) is 0.333. The molecule has 1 aromatic rings. The second-order valence-electron chi connectivity index (χ2n) is 4.05. The molecule has 0 radical (unpaired) electrons. The van der Waals surface area contributed by atoms with Gasteiger partial charge in [-0.25, -0.2) is 0 Å². The van der Waals surface area contributed by atoms with E-state index >= 15 is 0 Å². The molecule has 0 spiro atoms. The maximum absolute atomic E-state index is 12.0. The maximum atomic E-state index is 12.0. The predicted molar refractivity (Wildman–Crippen MR) is 59.7 cm³/mol. The highest BCUT2D eigenvalue weighted by Crippen LogP contribution is 2.26. The quantitative estimate of drug-likeness (QED) is 0.777. The van der Waals surface area contributed by atoms with Crippen molar-refractivity contribution >= 4 is 17.4 Å². The monoisotopic (exact) mass is 273 g/mol. The lowest BCUT2D eigenvalue weighted by molar-refractivity contribution is -0.274. The molecule has 1 fully saturated rings. The first-order chi connectivity index (χ1) is 8.85. The first-order valence-electron chi connectivity index (χ1n) is 5.53. The van der Waals surface area contributed by atoms with Gasteiger partial charge in [0, 0.05) is 18.7 Å². The van der Waals surface area contributed by atoms with Crippen LogP contribution in [0, 0.1) is 0 Å². The van der Waals surface area contributed by atoms with Crippen molar-refractivity contribution in [1.29, 1.82) is 0 Å². The van der Waals surface area contributed by atoms with Crippen LogP contribution < -0.4 is 9.64 Å². The third-order valence-corrected chi connectivity index (χ3v) is 2.65. The fourth-order valence-corrected chi connectivity index (χ4v) is 1.81. The number of halogens is 3. The van der Waals surface area contributed by atoms with E-state index in [0.29, 0.717) is 5.69 Å². The summed E-state index contributed by atoms with van der Waals surface area (Å²) in [5.74, 6) is -0.823. The van der Waals surface area contributed by atoms with Gasteiger partial charge in [0.15, 0.2) is 0 Å². The van der Waals surface area contributed by atoms with Crippen molar-refractivity contribution in [3.63, 3.8) is 0 Å². The Kier molecular flexibility index (Phi) is 3.46. The lowest BCUT2D eigenvalue weighted by Crippen LogP contribution is -2.38. The first-order valence-corrected chi connectivity index (χ1v) is 5.53. The molecule has 1 amide bonds. The number of hydrogen-bond donors (Lipinski definition) is 0. The summed E-state index contributed by atoms with van der Waals surface area (Å²) in [6, 6.07) is 4.97. The predicted octanol–water partition coefficient (Wildman–Crippen LogP) is 2.28. The van der Waals surface area contributed by atoms with Crippen molar-refractivity contribution in [3.8, 4) is 5.75 Å². The third-order valence-electron chi connectivity index (χ3n) is 2.65. The van der Waals surface area contributed by atoms with E-state index in [-0.39, 0.29) is 36.8 Å². The van der Waals surface area contributed by atoms with E-state index in [2.05, 4.69) is 4.74 Å². The highest BCUT2D eigenvalue weighted by Gasteiger charge is 2.31. The molecule has 0 atom stereocenters. The van der Waals surface area contributed by atoms with Crippen molar-refractivity contribution in [1.82, 2.24) is 0 Å². The number of alkyl halides is 3. The highest BCUT2D eigenvalue weighted by atomic mass is 19.4. The summed E-state index contributed by atoms with van der Waals surface area (Å²) in [4.78, 5) is 24.1. The number of nitrogens with zero attached hydrogens (tertiary/aromatic N) is 1. The topological polar surface area (TPSA) is 46.6 Å². The molecular weight excluding hydrogens is 263 g/mol. The molecule has 1 saturated heterocycles. The van der Waals surface area contributed by atoms with Crippen LogP contribution >= 0.6 is 0 Å². The van der Waals surface area contributed by atoms with Gasteiger partial charge >= 0.3 is 6.36 Å².